The lowest BCUT2D eigenvalue weighted by Gasteiger charge is -2.32. The highest BCUT2D eigenvalue weighted by Crippen LogP contribution is 2.33. The molecule has 1 aromatic rings. The summed E-state index contributed by atoms with van der Waals surface area (Å²) in [6, 6.07) is 4.44. The van der Waals surface area contributed by atoms with Gasteiger partial charge < -0.3 is 10.5 Å². The summed E-state index contributed by atoms with van der Waals surface area (Å²) in [6.45, 7) is 4.07. The van der Waals surface area contributed by atoms with E-state index < -0.39 is 0 Å². The van der Waals surface area contributed by atoms with E-state index in [4.69, 9.17) is 10.5 Å². The summed E-state index contributed by atoms with van der Waals surface area (Å²) in [5.74, 6) is 1.11. The van der Waals surface area contributed by atoms with Crippen LogP contribution in [0.1, 0.15) is 57.6 Å². The second-order valence-corrected chi connectivity index (χ2v) is 5.58. The van der Waals surface area contributed by atoms with Gasteiger partial charge in [-0.3, -0.25) is 0 Å². The molecule has 1 fully saturated rings. The zero-order valence-corrected chi connectivity index (χ0v) is 11.9. The van der Waals surface area contributed by atoms with Gasteiger partial charge in [-0.2, -0.15) is 0 Å². The predicted molar refractivity (Wildman–Crippen MR) is 75.7 cm³/mol. The maximum absolute atomic E-state index is 13.3. The van der Waals surface area contributed by atoms with E-state index in [0.29, 0.717) is 5.92 Å². The van der Waals surface area contributed by atoms with E-state index in [2.05, 4.69) is 6.92 Å². The molecule has 0 amide bonds. The minimum atomic E-state index is -0.254. The molecule has 106 valence electrons. The topological polar surface area (TPSA) is 35.2 Å². The number of benzene rings is 1. The van der Waals surface area contributed by atoms with E-state index in [0.717, 1.165) is 24.2 Å². The number of ether oxygens (including phenoxy) is 1. The number of rotatable bonds is 4. The van der Waals surface area contributed by atoms with Crippen LogP contribution in [0.3, 0.4) is 0 Å². The molecule has 1 aliphatic rings. The van der Waals surface area contributed by atoms with Crippen LogP contribution in [-0.2, 0) is 0 Å². The van der Waals surface area contributed by atoms with E-state index in [-0.39, 0.29) is 18.0 Å². The average Bonchev–Trinajstić information content (AvgIpc) is 2.41. The van der Waals surface area contributed by atoms with Crippen molar-refractivity contribution in [1.29, 1.82) is 0 Å². The van der Waals surface area contributed by atoms with Crippen molar-refractivity contribution in [2.24, 2.45) is 11.7 Å². The average molecular weight is 265 g/mol. The molecule has 0 radical (unpaired) electrons. The second kappa shape index (κ2) is 6.38. The van der Waals surface area contributed by atoms with E-state index >= 15 is 0 Å². The Morgan fingerprint density at radius 1 is 1.37 bits per heavy atom. The van der Waals surface area contributed by atoms with E-state index in [1.165, 1.54) is 31.4 Å². The molecule has 2 rings (SSSR count). The van der Waals surface area contributed by atoms with Crippen LogP contribution in [0.2, 0.25) is 0 Å². The lowest BCUT2D eigenvalue weighted by Crippen LogP contribution is -2.30. The van der Waals surface area contributed by atoms with Crippen LogP contribution in [0.4, 0.5) is 4.39 Å². The van der Waals surface area contributed by atoms with Crippen molar-refractivity contribution in [3.8, 4) is 5.75 Å². The molecule has 1 saturated carbocycles. The Morgan fingerprint density at radius 2 is 2.11 bits per heavy atom. The first-order chi connectivity index (χ1) is 9.11. The normalized spacial score (nSPS) is 25.1. The van der Waals surface area contributed by atoms with Gasteiger partial charge in [0.2, 0.25) is 0 Å². The Labute approximate surface area is 115 Å². The summed E-state index contributed by atoms with van der Waals surface area (Å²) in [7, 11) is 0. The van der Waals surface area contributed by atoms with Crippen molar-refractivity contribution in [2.75, 3.05) is 0 Å². The molecule has 1 aliphatic carbocycles. The third kappa shape index (κ3) is 3.47. The minimum absolute atomic E-state index is 0.214. The van der Waals surface area contributed by atoms with Crippen molar-refractivity contribution in [1.82, 2.24) is 0 Å². The van der Waals surface area contributed by atoms with Gasteiger partial charge >= 0.3 is 0 Å². The van der Waals surface area contributed by atoms with E-state index in [1.54, 1.807) is 6.07 Å². The molecule has 0 aromatic heterocycles. The fourth-order valence-corrected chi connectivity index (χ4v) is 2.94. The van der Waals surface area contributed by atoms with Crippen molar-refractivity contribution < 1.29 is 9.13 Å². The van der Waals surface area contributed by atoms with E-state index in [1.807, 2.05) is 6.92 Å². The first-order valence-corrected chi connectivity index (χ1v) is 7.33. The first kappa shape index (κ1) is 14.3. The molecule has 0 bridgehead atoms. The molecule has 0 aliphatic heterocycles. The highest BCUT2D eigenvalue weighted by Gasteiger charge is 2.26. The Morgan fingerprint density at radius 3 is 2.79 bits per heavy atom. The Kier molecular flexibility index (Phi) is 4.81. The second-order valence-electron chi connectivity index (χ2n) is 5.58. The third-order valence-corrected chi connectivity index (χ3v) is 4.10. The lowest BCUT2D eigenvalue weighted by atomic mass is 9.84. The van der Waals surface area contributed by atoms with Crippen LogP contribution in [0.5, 0.6) is 5.75 Å². The van der Waals surface area contributed by atoms with Gasteiger partial charge in [0.25, 0.3) is 0 Å². The molecule has 2 N–H and O–H groups in total. The molecule has 19 heavy (non-hydrogen) atoms. The smallest absolute Gasteiger partial charge is 0.124 e. The molecule has 3 unspecified atom stereocenters. The molecule has 3 atom stereocenters. The van der Waals surface area contributed by atoms with Gasteiger partial charge in [0, 0.05) is 11.6 Å². The third-order valence-electron chi connectivity index (χ3n) is 4.10. The van der Waals surface area contributed by atoms with Gasteiger partial charge in [-0.25, -0.2) is 4.39 Å². The number of nitrogens with two attached hydrogens (primary N) is 1. The van der Waals surface area contributed by atoms with Gasteiger partial charge in [0.15, 0.2) is 0 Å². The Hall–Kier alpha value is -1.09. The maximum atomic E-state index is 13.3. The SMILES string of the molecule is CCC1CCCCC1Oc1ccc(F)cc1C(C)N. The van der Waals surface area contributed by atoms with Crippen LogP contribution >= 0.6 is 0 Å². The largest absolute Gasteiger partial charge is 0.490 e. The molecule has 0 spiro atoms. The molecular weight excluding hydrogens is 241 g/mol. The van der Waals surface area contributed by atoms with Crippen molar-refractivity contribution in [2.45, 2.75) is 58.1 Å². The zero-order chi connectivity index (χ0) is 13.8. The molecule has 1 aromatic carbocycles. The summed E-state index contributed by atoms with van der Waals surface area (Å²) in [4.78, 5) is 0. The van der Waals surface area contributed by atoms with Crippen LogP contribution in [0.25, 0.3) is 0 Å². The first-order valence-electron chi connectivity index (χ1n) is 7.33. The van der Waals surface area contributed by atoms with Crippen LogP contribution in [-0.4, -0.2) is 6.10 Å². The van der Waals surface area contributed by atoms with Crippen molar-refractivity contribution in [3.05, 3.63) is 29.6 Å². The number of hydrogen-bond donors (Lipinski definition) is 1. The predicted octanol–water partition coefficient (Wildman–Crippen LogP) is 4.19. The molecule has 3 heteroatoms. The summed E-state index contributed by atoms with van der Waals surface area (Å²) in [6.07, 6.45) is 6.23. The van der Waals surface area contributed by atoms with Gasteiger partial charge in [-0.15, -0.1) is 0 Å². The highest BCUT2D eigenvalue weighted by atomic mass is 19.1. The number of hydrogen-bond acceptors (Lipinski definition) is 2. The molecule has 0 heterocycles. The van der Waals surface area contributed by atoms with Gasteiger partial charge in [-0.05, 0) is 56.7 Å². The Bertz CT molecular complexity index is 419. The lowest BCUT2D eigenvalue weighted by molar-refractivity contribution is 0.0890. The van der Waals surface area contributed by atoms with Gasteiger partial charge in [-0.1, -0.05) is 13.3 Å². The van der Waals surface area contributed by atoms with Crippen molar-refractivity contribution >= 4 is 0 Å². The quantitative estimate of drug-likeness (QED) is 0.885. The summed E-state index contributed by atoms with van der Waals surface area (Å²) in [5, 5.41) is 0. The van der Waals surface area contributed by atoms with Gasteiger partial charge in [0.05, 0.1) is 0 Å². The zero-order valence-electron chi connectivity index (χ0n) is 11.9. The fraction of sp³-hybridized carbons (Fsp3) is 0.625. The summed E-state index contributed by atoms with van der Waals surface area (Å²) < 4.78 is 19.5. The molecule has 2 nitrogen and oxygen atoms in total. The standard InChI is InChI=1S/C16H24FNO/c1-3-12-6-4-5-7-15(12)19-16-9-8-13(17)10-14(16)11(2)18/h8-12,15H,3-7,18H2,1-2H3. The Balaban J connectivity index is 2.17. The van der Waals surface area contributed by atoms with Crippen LogP contribution in [0.15, 0.2) is 18.2 Å². The summed E-state index contributed by atoms with van der Waals surface area (Å²) in [5.41, 5.74) is 6.67. The van der Waals surface area contributed by atoms with Crippen molar-refractivity contribution in [3.63, 3.8) is 0 Å². The fourth-order valence-electron chi connectivity index (χ4n) is 2.94. The molecule has 0 saturated heterocycles. The van der Waals surface area contributed by atoms with Crippen LogP contribution < -0.4 is 10.5 Å². The number of halogens is 1. The van der Waals surface area contributed by atoms with E-state index in [9.17, 15) is 4.39 Å². The summed E-state index contributed by atoms with van der Waals surface area (Å²) >= 11 is 0. The maximum Gasteiger partial charge on any atom is 0.124 e. The monoisotopic (exact) mass is 265 g/mol. The van der Waals surface area contributed by atoms with Crippen LogP contribution in [0, 0.1) is 11.7 Å². The highest BCUT2D eigenvalue weighted by molar-refractivity contribution is 5.36. The minimum Gasteiger partial charge on any atom is -0.490 e. The van der Waals surface area contributed by atoms with Gasteiger partial charge in [0.1, 0.15) is 17.7 Å². The molecular formula is C16H24FNO.